The van der Waals surface area contributed by atoms with E-state index in [1.807, 2.05) is 0 Å². The molecule has 1 rings (SSSR count). The van der Waals surface area contributed by atoms with Crippen LogP contribution in [0.15, 0.2) is 0 Å². The van der Waals surface area contributed by atoms with Gasteiger partial charge in [-0.2, -0.15) is 12.6 Å². The molecule has 0 bridgehead atoms. The van der Waals surface area contributed by atoms with Crippen LogP contribution in [0, 0.1) is 0 Å². The van der Waals surface area contributed by atoms with Crippen molar-refractivity contribution in [2.45, 2.75) is 58.1 Å². The number of nitrogens with zero attached hydrogens (tertiary/aromatic N) is 1. The fourth-order valence-electron chi connectivity index (χ4n) is 2.95. The van der Waals surface area contributed by atoms with Gasteiger partial charge >= 0.3 is 6.09 Å². The van der Waals surface area contributed by atoms with Crippen LogP contribution in [-0.2, 0) is 38.0 Å². The summed E-state index contributed by atoms with van der Waals surface area (Å²) < 4.78 is 32.1. The quantitative estimate of drug-likeness (QED) is 0.159. The molecule has 226 valence electrons. The van der Waals surface area contributed by atoms with Crippen molar-refractivity contribution in [3.63, 3.8) is 0 Å². The maximum Gasteiger partial charge on any atom is 0.409 e. The molecule has 11 nitrogen and oxygen atoms in total. The van der Waals surface area contributed by atoms with Crippen molar-refractivity contribution < 1.29 is 44.2 Å². The van der Waals surface area contributed by atoms with Gasteiger partial charge < -0.3 is 43.4 Å². The summed E-state index contributed by atoms with van der Waals surface area (Å²) in [6.45, 7) is 12.1. The van der Waals surface area contributed by atoms with E-state index in [4.69, 9.17) is 28.4 Å². The zero-order valence-electron chi connectivity index (χ0n) is 23.6. The van der Waals surface area contributed by atoms with Crippen molar-refractivity contribution in [2.75, 3.05) is 92.3 Å². The normalized spacial score (nSPS) is 13.5. The summed E-state index contributed by atoms with van der Waals surface area (Å²) in [5, 5.41) is 3.06. The number of ether oxygens (including phenoxy) is 6. The number of carbonyl (C=O) groups excluding carboxylic acids is 3. The molecule has 0 aromatic rings. The number of thiol groups is 1. The molecular formula is C26H52N2O9S. The lowest BCUT2D eigenvalue weighted by Gasteiger charge is -2.28. The molecule has 1 N–H and O–H groups in total. The lowest BCUT2D eigenvalue weighted by Crippen LogP contribution is -2.39. The van der Waals surface area contributed by atoms with Crippen LogP contribution in [0.25, 0.3) is 0 Å². The highest BCUT2D eigenvalue weighted by Crippen LogP contribution is 2.15. The molecule has 0 spiro atoms. The molecular weight excluding hydrogens is 516 g/mol. The number of hydrogen-bond acceptors (Lipinski definition) is 10. The molecule has 0 aliphatic carbocycles. The van der Waals surface area contributed by atoms with Crippen LogP contribution in [0.5, 0.6) is 0 Å². The van der Waals surface area contributed by atoms with Gasteiger partial charge in [-0.1, -0.05) is 20.3 Å². The molecule has 1 saturated heterocycles. The van der Waals surface area contributed by atoms with E-state index in [0.29, 0.717) is 91.0 Å². The van der Waals surface area contributed by atoms with Gasteiger partial charge in [-0.05, 0) is 19.8 Å². The molecule has 0 radical (unpaired) electrons. The van der Waals surface area contributed by atoms with Gasteiger partial charge in [-0.15, -0.1) is 0 Å². The number of likely N-dealkylation sites (tertiary alicyclic amines) is 1. The Balaban J connectivity index is 0. The predicted octanol–water partition coefficient (Wildman–Crippen LogP) is 2.75. The summed E-state index contributed by atoms with van der Waals surface area (Å²) in [6, 6.07) is 0. The first-order chi connectivity index (χ1) is 18.4. The number of nitrogens with one attached hydrogen (secondary N) is 1. The topological polar surface area (TPSA) is 122 Å². The molecule has 1 fully saturated rings. The molecule has 0 aromatic heterocycles. The fraction of sp³-hybridized carbons (Fsp3) is 0.885. The van der Waals surface area contributed by atoms with Crippen molar-refractivity contribution in [3.8, 4) is 0 Å². The Morgan fingerprint density at radius 1 is 0.763 bits per heavy atom. The van der Waals surface area contributed by atoms with Gasteiger partial charge in [0, 0.05) is 39.2 Å². The molecule has 0 atom stereocenters. The molecule has 1 heterocycles. The van der Waals surface area contributed by atoms with E-state index in [1.165, 1.54) is 13.3 Å². The van der Waals surface area contributed by atoms with Crippen LogP contribution in [0.4, 0.5) is 4.79 Å². The molecule has 2 amide bonds. The maximum absolute atomic E-state index is 11.9. The minimum absolute atomic E-state index is 0. The van der Waals surface area contributed by atoms with E-state index in [2.05, 4.69) is 31.8 Å². The van der Waals surface area contributed by atoms with Crippen LogP contribution >= 0.6 is 12.6 Å². The summed E-state index contributed by atoms with van der Waals surface area (Å²) in [5.41, 5.74) is 0. The summed E-state index contributed by atoms with van der Waals surface area (Å²) in [7, 11) is 0. The second-order valence-corrected chi connectivity index (χ2v) is 9.38. The highest BCUT2D eigenvalue weighted by atomic mass is 32.1. The monoisotopic (exact) mass is 568 g/mol. The average Bonchev–Trinajstić information content (AvgIpc) is 2.89. The van der Waals surface area contributed by atoms with E-state index < -0.39 is 0 Å². The van der Waals surface area contributed by atoms with Crippen molar-refractivity contribution in [2.24, 2.45) is 0 Å². The fourth-order valence-corrected chi connectivity index (χ4v) is 3.18. The first kappa shape index (κ1) is 36.6. The predicted molar refractivity (Wildman–Crippen MR) is 150 cm³/mol. The minimum Gasteiger partial charge on any atom is -0.447 e. The number of carbonyl (C=O) groups is 3. The van der Waals surface area contributed by atoms with Gasteiger partial charge in [0.25, 0.3) is 0 Å². The van der Waals surface area contributed by atoms with E-state index in [0.717, 1.165) is 12.8 Å². The standard InChI is InChI=1S/C23H42N2O9S.C3H8.H2/c1-20(26)2-3-22(27)24-6-9-29-10-11-30-12-13-31-14-15-32-16-17-33-18-19-34-23(28)25-7-4-21(35)5-8-25;1-3-2;/h21,35H,2-19H2,1H3,(H,24,27);3H2,1-2H3;1H. The van der Waals surface area contributed by atoms with Crippen molar-refractivity contribution in [1.82, 2.24) is 10.2 Å². The van der Waals surface area contributed by atoms with Crippen LogP contribution < -0.4 is 5.32 Å². The lowest BCUT2D eigenvalue weighted by atomic mass is 10.1. The molecule has 0 saturated carbocycles. The van der Waals surface area contributed by atoms with E-state index >= 15 is 0 Å². The largest absolute Gasteiger partial charge is 0.447 e. The molecule has 38 heavy (non-hydrogen) atoms. The van der Waals surface area contributed by atoms with Crippen LogP contribution in [0.2, 0.25) is 0 Å². The smallest absolute Gasteiger partial charge is 0.409 e. The Bertz CT molecular complexity index is 598. The molecule has 1 aliphatic heterocycles. The molecule has 12 heteroatoms. The lowest BCUT2D eigenvalue weighted by molar-refractivity contribution is -0.124. The Kier molecular flexibility index (Phi) is 26.1. The molecule has 0 aromatic carbocycles. The maximum atomic E-state index is 11.9. The van der Waals surface area contributed by atoms with Crippen molar-refractivity contribution >= 4 is 30.4 Å². The summed E-state index contributed by atoms with van der Waals surface area (Å²) in [4.78, 5) is 35.8. The highest BCUT2D eigenvalue weighted by molar-refractivity contribution is 7.80. The summed E-state index contributed by atoms with van der Waals surface area (Å²) in [6.07, 6.45) is 3.23. The van der Waals surface area contributed by atoms with Gasteiger partial charge in [0.05, 0.1) is 66.1 Å². The summed E-state index contributed by atoms with van der Waals surface area (Å²) in [5.74, 6) is -0.143. The van der Waals surface area contributed by atoms with Crippen LogP contribution in [0.3, 0.4) is 0 Å². The molecule has 0 unspecified atom stereocenters. The number of hydrogen-bond donors (Lipinski definition) is 2. The highest BCUT2D eigenvalue weighted by Gasteiger charge is 2.21. The van der Waals surface area contributed by atoms with E-state index in [9.17, 15) is 14.4 Å². The molecule has 1 aliphatic rings. The number of ketones is 1. The van der Waals surface area contributed by atoms with Crippen molar-refractivity contribution in [1.29, 1.82) is 0 Å². The van der Waals surface area contributed by atoms with Gasteiger partial charge in [-0.3, -0.25) is 4.79 Å². The van der Waals surface area contributed by atoms with Gasteiger partial charge in [0.15, 0.2) is 0 Å². The Morgan fingerprint density at radius 3 is 1.63 bits per heavy atom. The second-order valence-electron chi connectivity index (χ2n) is 8.65. The average molecular weight is 569 g/mol. The zero-order chi connectivity index (χ0) is 28.3. The third kappa shape index (κ3) is 24.9. The number of rotatable bonds is 21. The van der Waals surface area contributed by atoms with Crippen molar-refractivity contribution in [3.05, 3.63) is 0 Å². The number of piperidine rings is 1. The SMILES string of the molecule is CC(=O)CCC(=O)NCCOCCOCCOCCOCCOCCOC(=O)N1CCC(S)CC1.CCC.[HH]. The zero-order valence-corrected chi connectivity index (χ0v) is 24.5. The Labute approximate surface area is 235 Å². The number of amides is 2. The van der Waals surface area contributed by atoms with Gasteiger partial charge in [0.2, 0.25) is 5.91 Å². The summed E-state index contributed by atoms with van der Waals surface area (Å²) >= 11 is 4.41. The second kappa shape index (κ2) is 27.1. The first-order valence-electron chi connectivity index (χ1n) is 13.6. The third-order valence-electron chi connectivity index (χ3n) is 4.94. The third-order valence-corrected chi connectivity index (χ3v) is 5.45. The Morgan fingerprint density at radius 2 is 1.18 bits per heavy atom. The Hall–Kier alpha value is -1.44. The minimum atomic E-state index is -0.289. The van der Waals surface area contributed by atoms with Gasteiger partial charge in [-0.25, -0.2) is 4.79 Å². The first-order valence-corrected chi connectivity index (χ1v) is 14.2. The van der Waals surface area contributed by atoms with Crippen LogP contribution in [-0.4, -0.2) is 120 Å². The van der Waals surface area contributed by atoms with E-state index in [-0.39, 0.29) is 38.7 Å². The van der Waals surface area contributed by atoms with E-state index in [1.54, 1.807) is 4.90 Å². The number of Topliss-reactive ketones (excluding diaryl/α,β-unsaturated/α-hetero) is 1. The van der Waals surface area contributed by atoms with Crippen LogP contribution in [0.1, 0.15) is 54.3 Å². The van der Waals surface area contributed by atoms with Gasteiger partial charge in [0.1, 0.15) is 12.4 Å².